The Hall–Kier alpha value is -0.860. The van der Waals surface area contributed by atoms with Crippen LogP contribution in [0.15, 0.2) is 17.0 Å². The monoisotopic (exact) mass is 389 g/mol. The first-order valence-corrected chi connectivity index (χ1v) is 9.97. The molecule has 0 amide bonds. The highest BCUT2D eigenvalue weighted by atomic mass is 35.5. The van der Waals surface area contributed by atoms with Crippen LogP contribution < -0.4 is 10.1 Å². The molecule has 0 aromatic heterocycles. The van der Waals surface area contributed by atoms with Crippen molar-refractivity contribution in [2.24, 2.45) is 0 Å². The highest BCUT2D eigenvalue weighted by Crippen LogP contribution is 2.30. The topological polar surface area (TPSA) is 61.9 Å². The maximum Gasteiger partial charge on any atom is 0.243 e. The first kappa shape index (κ1) is 20.5. The number of hydrogen-bond acceptors (Lipinski definition) is 5. The van der Waals surface area contributed by atoms with Gasteiger partial charge in [0.05, 0.1) is 12.0 Å². The van der Waals surface area contributed by atoms with Gasteiger partial charge in [-0.3, -0.25) is 4.90 Å². The quantitative estimate of drug-likeness (QED) is 0.843. The molecule has 0 aliphatic carbocycles. The number of halogens is 1. The summed E-state index contributed by atoms with van der Waals surface area (Å²) in [6.45, 7) is 8.93. The number of sulfonamides is 1. The summed E-state index contributed by atoms with van der Waals surface area (Å²) in [6.07, 6.45) is 0.910. The van der Waals surface area contributed by atoms with E-state index in [4.69, 9.17) is 4.74 Å². The van der Waals surface area contributed by atoms with Gasteiger partial charge in [0.1, 0.15) is 5.75 Å². The second kappa shape index (κ2) is 8.22. The van der Waals surface area contributed by atoms with Gasteiger partial charge in [-0.1, -0.05) is 0 Å². The summed E-state index contributed by atoms with van der Waals surface area (Å²) in [7, 11) is -1.83. The lowest BCUT2D eigenvalue weighted by Gasteiger charge is -2.32. The molecule has 2 fully saturated rings. The second-order valence-corrected chi connectivity index (χ2v) is 8.62. The molecule has 2 heterocycles. The maximum absolute atomic E-state index is 13.0. The molecule has 3 rings (SSSR count). The molecule has 0 radical (unpaired) electrons. The summed E-state index contributed by atoms with van der Waals surface area (Å²) in [4.78, 5) is 2.79. The Balaban J connectivity index is 0.00000225. The third-order valence-electron chi connectivity index (χ3n) is 5.07. The third kappa shape index (κ3) is 4.11. The first-order chi connectivity index (χ1) is 11.4. The largest absolute Gasteiger partial charge is 0.496 e. The lowest BCUT2D eigenvalue weighted by atomic mass is 10.1. The van der Waals surface area contributed by atoms with Crippen molar-refractivity contribution in [3.8, 4) is 5.75 Å². The number of piperazine rings is 1. The average Bonchev–Trinajstić information content (AvgIpc) is 3.06. The van der Waals surface area contributed by atoms with Gasteiger partial charge in [0.15, 0.2) is 0 Å². The summed E-state index contributed by atoms with van der Waals surface area (Å²) in [5, 5.41) is 3.34. The molecule has 1 atom stereocenters. The van der Waals surface area contributed by atoms with Crippen molar-refractivity contribution in [2.45, 2.75) is 31.2 Å². The SMILES string of the molecule is COc1c(C)cc(S(=O)(=O)N2CCC(N3CCNCC3)C2)cc1C.Cl. The lowest BCUT2D eigenvalue weighted by molar-refractivity contribution is 0.179. The molecule has 0 saturated carbocycles. The maximum atomic E-state index is 13.0. The van der Waals surface area contributed by atoms with Crippen molar-refractivity contribution in [1.82, 2.24) is 14.5 Å². The fraction of sp³-hybridized carbons (Fsp3) is 0.647. The van der Waals surface area contributed by atoms with Gasteiger partial charge in [-0.25, -0.2) is 8.42 Å². The minimum Gasteiger partial charge on any atom is -0.496 e. The number of ether oxygens (including phenoxy) is 1. The Labute approximate surface area is 157 Å². The molecule has 2 aliphatic heterocycles. The van der Waals surface area contributed by atoms with Crippen LogP contribution in [0.2, 0.25) is 0 Å². The summed E-state index contributed by atoms with van der Waals surface area (Å²) in [5.74, 6) is 0.758. The zero-order chi connectivity index (χ0) is 17.3. The van der Waals surface area contributed by atoms with E-state index in [1.54, 1.807) is 23.5 Å². The third-order valence-corrected chi connectivity index (χ3v) is 6.91. The van der Waals surface area contributed by atoms with Crippen molar-refractivity contribution in [2.75, 3.05) is 46.4 Å². The van der Waals surface area contributed by atoms with Crippen LogP contribution in [0.4, 0.5) is 0 Å². The van der Waals surface area contributed by atoms with E-state index in [2.05, 4.69) is 10.2 Å². The minimum absolute atomic E-state index is 0. The molecular weight excluding hydrogens is 362 g/mol. The van der Waals surface area contributed by atoms with Gasteiger partial charge < -0.3 is 10.1 Å². The first-order valence-electron chi connectivity index (χ1n) is 8.53. The Bertz CT molecular complexity index is 682. The van der Waals surface area contributed by atoms with Crippen molar-refractivity contribution in [1.29, 1.82) is 0 Å². The summed E-state index contributed by atoms with van der Waals surface area (Å²) in [6, 6.07) is 3.78. The van der Waals surface area contributed by atoms with Gasteiger partial charge in [-0.05, 0) is 43.5 Å². The second-order valence-electron chi connectivity index (χ2n) is 6.68. The van der Waals surface area contributed by atoms with Crippen LogP contribution >= 0.6 is 12.4 Å². The molecule has 2 saturated heterocycles. The van der Waals surface area contributed by atoms with Crippen LogP contribution in [0.5, 0.6) is 5.75 Å². The van der Waals surface area contributed by atoms with Crippen LogP contribution in [-0.2, 0) is 10.0 Å². The molecule has 1 N–H and O–H groups in total. The van der Waals surface area contributed by atoms with Crippen LogP contribution in [0.1, 0.15) is 17.5 Å². The average molecular weight is 390 g/mol. The Morgan fingerprint density at radius 1 is 1.12 bits per heavy atom. The molecular formula is C17H28ClN3O3S. The van der Waals surface area contributed by atoms with E-state index < -0.39 is 10.0 Å². The van der Waals surface area contributed by atoms with Gasteiger partial charge in [-0.15, -0.1) is 12.4 Å². The van der Waals surface area contributed by atoms with E-state index in [0.717, 1.165) is 49.5 Å². The Morgan fingerprint density at radius 3 is 2.28 bits per heavy atom. The molecule has 0 bridgehead atoms. The number of hydrogen-bond donors (Lipinski definition) is 1. The van der Waals surface area contributed by atoms with Crippen LogP contribution in [0.3, 0.4) is 0 Å². The van der Waals surface area contributed by atoms with E-state index in [1.807, 2.05) is 13.8 Å². The summed E-state index contributed by atoms with van der Waals surface area (Å²) < 4.78 is 33.0. The lowest BCUT2D eigenvalue weighted by Crippen LogP contribution is -2.49. The predicted molar refractivity (Wildman–Crippen MR) is 101 cm³/mol. The van der Waals surface area contributed by atoms with Gasteiger partial charge in [-0.2, -0.15) is 4.31 Å². The van der Waals surface area contributed by atoms with E-state index >= 15 is 0 Å². The predicted octanol–water partition coefficient (Wildman–Crippen LogP) is 1.40. The normalized spacial score (nSPS) is 22.6. The number of methoxy groups -OCH3 is 1. The van der Waals surface area contributed by atoms with Crippen LogP contribution in [0, 0.1) is 13.8 Å². The van der Waals surface area contributed by atoms with Crippen molar-refractivity contribution < 1.29 is 13.2 Å². The van der Waals surface area contributed by atoms with E-state index in [0.29, 0.717) is 24.0 Å². The molecule has 8 heteroatoms. The fourth-order valence-electron chi connectivity index (χ4n) is 3.80. The van der Waals surface area contributed by atoms with Crippen molar-refractivity contribution in [3.05, 3.63) is 23.3 Å². The van der Waals surface area contributed by atoms with Gasteiger partial charge in [0.25, 0.3) is 0 Å². The number of rotatable bonds is 4. The van der Waals surface area contributed by atoms with Crippen LogP contribution in [0.25, 0.3) is 0 Å². The zero-order valence-electron chi connectivity index (χ0n) is 15.1. The van der Waals surface area contributed by atoms with E-state index in [-0.39, 0.29) is 12.4 Å². The number of aryl methyl sites for hydroxylation is 2. The van der Waals surface area contributed by atoms with Crippen LogP contribution in [-0.4, -0.2) is 70.0 Å². The Kier molecular flexibility index (Phi) is 6.73. The highest BCUT2D eigenvalue weighted by Gasteiger charge is 2.35. The highest BCUT2D eigenvalue weighted by molar-refractivity contribution is 7.89. The number of nitrogens with zero attached hydrogens (tertiary/aromatic N) is 2. The molecule has 6 nitrogen and oxygen atoms in total. The summed E-state index contributed by atoms with van der Waals surface area (Å²) >= 11 is 0. The zero-order valence-corrected chi connectivity index (χ0v) is 16.8. The summed E-state index contributed by atoms with van der Waals surface area (Å²) in [5.41, 5.74) is 1.71. The number of benzene rings is 1. The fourth-order valence-corrected chi connectivity index (χ4v) is 5.47. The molecule has 1 aromatic rings. The van der Waals surface area contributed by atoms with Crippen molar-refractivity contribution >= 4 is 22.4 Å². The molecule has 2 aliphatic rings. The Morgan fingerprint density at radius 2 is 1.72 bits per heavy atom. The van der Waals surface area contributed by atoms with Gasteiger partial charge in [0, 0.05) is 45.3 Å². The minimum atomic E-state index is -3.44. The van der Waals surface area contributed by atoms with Crippen molar-refractivity contribution in [3.63, 3.8) is 0 Å². The number of nitrogens with one attached hydrogen (secondary N) is 1. The molecule has 142 valence electrons. The smallest absolute Gasteiger partial charge is 0.243 e. The van der Waals surface area contributed by atoms with E-state index in [9.17, 15) is 8.42 Å². The van der Waals surface area contributed by atoms with Gasteiger partial charge in [0.2, 0.25) is 10.0 Å². The van der Waals surface area contributed by atoms with Gasteiger partial charge >= 0.3 is 0 Å². The standard InChI is InChI=1S/C17H27N3O3S.ClH/c1-13-10-16(11-14(2)17(13)23-3)24(21,22)20-7-4-15(12-20)19-8-5-18-6-9-19;/h10-11,15,18H,4-9,12H2,1-3H3;1H. The molecule has 0 spiro atoms. The van der Waals surface area contributed by atoms with E-state index in [1.165, 1.54) is 0 Å². The molecule has 1 aromatic carbocycles. The molecule has 25 heavy (non-hydrogen) atoms. The molecule has 1 unspecified atom stereocenters.